The minimum absolute atomic E-state index is 0.0185. The number of carbonyl (C=O) groups is 3. The summed E-state index contributed by atoms with van der Waals surface area (Å²) in [6, 6.07) is 2.03. The number of likely N-dealkylation sites (tertiary alicyclic amines) is 1. The molecule has 28 heteroatoms. The second-order valence-electron chi connectivity index (χ2n) is 17.1. The third-order valence-electron chi connectivity index (χ3n) is 11.1. The predicted octanol–water partition coefficient (Wildman–Crippen LogP) is 3.50. The Kier molecular flexibility index (Phi) is 31.2. The summed E-state index contributed by atoms with van der Waals surface area (Å²) >= 11 is 1.60. The number of nitrogens with two attached hydrogens (primary N) is 1. The number of halogens is 4. The lowest BCUT2D eigenvalue weighted by atomic mass is 9.95. The number of benzene rings is 1. The first-order valence-electron chi connectivity index (χ1n) is 25.3. The number of fused-ring (bicyclic) bond motifs is 1. The molecular formula is C49H72F4N4O18S2. The van der Waals surface area contributed by atoms with Crippen LogP contribution in [0, 0.1) is 29.2 Å². The highest BCUT2D eigenvalue weighted by atomic mass is 32.2. The molecular weight excluding hydrogens is 1070 g/mol. The van der Waals surface area contributed by atoms with Gasteiger partial charge in [0.15, 0.2) is 16.5 Å². The summed E-state index contributed by atoms with van der Waals surface area (Å²) in [5.74, 6) is -11.9. The van der Waals surface area contributed by atoms with Crippen LogP contribution in [0.1, 0.15) is 48.8 Å². The van der Waals surface area contributed by atoms with Gasteiger partial charge in [0.25, 0.3) is 0 Å². The van der Waals surface area contributed by atoms with Crippen LogP contribution in [0.3, 0.4) is 0 Å². The number of thiophene rings is 1. The number of amides is 2. The van der Waals surface area contributed by atoms with Crippen molar-refractivity contribution in [1.82, 2.24) is 9.80 Å². The van der Waals surface area contributed by atoms with Crippen molar-refractivity contribution in [2.45, 2.75) is 50.3 Å². The topological polar surface area (TPSA) is 272 Å². The molecule has 77 heavy (non-hydrogen) atoms. The van der Waals surface area contributed by atoms with Crippen molar-refractivity contribution < 1.29 is 102 Å². The van der Waals surface area contributed by atoms with E-state index in [4.69, 9.17) is 57.7 Å². The van der Waals surface area contributed by atoms with Crippen molar-refractivity contribution in [3.8, 4) is 5.75 Å². The molecule has 2 aliphatic heterocycles. The number of hydrogen-bond donors (Lipinski definition) is 3. The Morgan fingerprint density at radius 2 is 1.14 bits per heavy atom. The van der Waals surface area contributed by atoms with E-state index in [1.807, 2.05) is 24.0 Å². The molecule has 0 spiro atoms. The molecule has 3 heterocycles. The standard InChI is InChI=1S/C49H72F4N4O18S2/c1-2-6-56(7-3-8-58)49(61)36-30-39-38(55-40(54)31-36)32-37(76-39)29-35-33-57(34-35)41(59)4-9-65-11-13-67-15-17-69-19-21-71-23-25-73-27-28-74-26-24-72-22-20-70-18-16-68-14-12-66-10-5-42(60)75-47-43(50)45(52)48(77(62,63)64)46(53)44(47)51/h30,32,35,58H,2-29,31,33-34H2,1H3,(H2,54,55)(H,62,63,64). The number of aliphatic hydroxyl groups is 1. The molecule has 436 valence electrons. The van der Waals surface area contributed by atoms with Crippen molar-refractivity contribution in [2.75, 3.05) is 165 Å². The molecule has 1 fully saturated rings. The molecule has 1 saturated heterocycles. The van der Waals surface area contributed by atoms with E-state index >= 15 is 0 Å². The number of rotatable bonds is 43. The average Bonchev–Trinajstić information content (AvgIpc) is 3.69. The summed E-state index contributed by atoms with van der Waals surface area (Å²) in [5, 5.41) is 9.28. The number of ether oxygens (including phenoxy) is 11. The highest BCUT2D eigenvalue weighted by molar-refractivity contribution is 7.85. The number of nitrogens with zero attached hydrogens (tertiary/aromatic N) is 3. The van der Waals surface area contributed by atoms with Crippen LogP contribution in [0.5, 0.6) is 5.75 Å². The molecule has 0 radical (unpaired) electrons. The zero-order valence-corrected chi connectivity index (χ0v) is 45.0. The van der Waals surface area contributed by atoms with E-state index in [-0.39, 0.29) is 57.9 Å². The summed E-state index contributed by atoms with van der Waals surface area (Å²) in [7, 11) is -5.65. The molecule has 2 aromatic rings. The maximum absolute atomic E-state index is 14.0. The van der Waals surface area contributed by atoms with Crippen molar-refractivity contribution in [3.63, 3.8) is 0 Å². The van der Waals surface area contributed by atoms with Gasteiger partial charge in [-0.05, 0) is 37.3 Å². The maximum atomic E-state index is 14.0. The number of aliphatic hydroxyl groups excluding tert-OH is 1. The van der Waals surface area contributed by atoms with Gasteiger partial charge in [0, 0.05) is 49.7 Å². The van der Waals surface area contributed by atoms with Crippen LogP contribution < -0.4 is 10.5 Å². The van der Waals surface area contributed by atoms with E-state index in [2.05, 4.69) is 9.73 Å². The molecule has 1 aromatic heterocycles. The smallest absolute Gasteiger partial charge is 0.313 e. The summed E-state index contributed by atoms with van der Waals surface area (Å²) in [5.41, 5.74) is 7.59. The Balaban J connectivity index is 0.839. The molecule has 4 rings (SSSR count). The summed E-state index contributed by atoms with van der Waals surface area (Å²) in [4.78, 5) is 45.9. The number of carbonyl (C=O) groups excluding carboxylic acids is 3. The van der Waals surface area contributed by atoms with E-state index in [0.717, 1.165) is 28.3 Å². The highest BCUT2D eigenvalue weighted by Crippen LogP contribution is 2.37. The summed E-state index contributed by atoms with van der Waals surface area (Å²) in [6.07, 6.45) is 4.06. The fourth-order valence-corrected chi connectivity index (χ4v) is 9.15. The highest BCUT2D eigenvalue weighted by Gasteiger charge is 2.34. The molecule has 22 nitrogen and oxygen atoms in total. The number of aliphatic imine (C=N–C) groups is 1. The van der Waals surface area contributed by atoms with Gasteiger partial charge in [0.1, 0.15) is 5.84 Å². The number of esters is 1. The van der Waals surface area contributed by atoms with Crippen molar-refractivity contribution in [2.24, 2.45) is 16.6 Å². The van der Waals surface area contributed by atoms with Gasteiger partial charge in [-0.1, -0.05) is 6.92 Å². The van der Waals surface area contributed by atoms with Gasteiger partial charge < -0.3 is 72.7 Å². The van der Waals surface area contributed by atoms with E-state index in [9.17, 15) is 45.5 Å². The van der Waals surface area contributed by atoms with Gasteiger partial charge in [-0.2, -0.15) is 17.2 Å². The lowest BCUT2D eigenvalue weighted by molar-refractivity contribution is -0.139. The fraction of sp³-hybridized carbons (Fsp3) is 0.673. The average molecular weight is 1150 g/mol. The lowest BCUT2D eigenvalue weighted by Gasteiger charge is -2.39. The summed E-state index contributed by atoms with van der Waals surface area (Å²) < 4.78 is 145. The lowest BCUT2D eigenvalue weighted by Crippen LogP contribution is -2.50. The van der Waals surface area contributed by atoms with Gasteiger partial charge in [-0.15, -0.1) is 11.3 Å². The van der Waals surface area contributed by atoms with Gasteiger partial charge in [0.05, 0.1) is 156 Å². The predicted molar refractivity (Wildman–Crippen MR) is 270 cm³/mol. The van der Waals surface area contributed by atoms with Crippen LogP contribution in [0.15, 0.2) is 21.5 Å². The van der Waals surface area contributed by atoms with Crippen LogP contribution in [-0.4, -0.2) is 216 Å². The monoisotopic (exact) mass is 1140 g/mol. The van der Waals surface area contributed by atoms with Crippen LogP contribution in [0.25, 0.3) is 6.08 Å². The number of hydrogen-bond acceptors (Lipinski definition) is 20. The first kappa shape index (κ1) is 65.2. The van der Waals surface area contributed by atoms with E-state index in [1.165, 1.54) is 0 Å². The molecule has 0 atom stereocenters. The van der Waals surface area contributed by atoms with Crippen LogP contribution in [0.2, 0.25) is 0 Å². The normalized spacial score (nSPS) is 13.8. The minimum atomic E-state index is -5.65. The number of amidine groups is 1. The van der Waals surface area contributed by atoms with Crippen molar-refractivity contribution >= 4 is 56.8 Å². The largest absolute Gasteiger partial charge is 0.420 e. The molecule has 0 unspecified atom stereocenters. The van der Waals surface area contributed by atoms with Crippen LogP contribution in [-0.2, 0) is 78.3 Å². The van der Waals surface area contributed by atoms with E-state index in [1.54, 1.807) is 16.2 Å². The third kappa shape index (κ3) is 24.3. The van der Waals surface area contributed by atoms with Gasteiger partial charge in [-0.3, -0.25) is 18.9 Å². The van der Waals surface area contributed by atoms with Gasteiger partial charge in [0.2, 0.25) is 29.2 Å². The molecule has 0 bridgehead atoms. The molecule has 0 saturated carbocycles. The fourth-order valence-electron chi connectivity index (χ4n) is 7.34. The second kappa shape index (κ2) is 36.8. The summed E-state index contributed by atoms with van der Waals surface area (Å²) in [6.45, 7) is 10.5. The second-order valence-corrected chi connectivity index (χ2v) is 19.7. The third-order valence-corrected chi connectivity index (χ3v) is 13.1. The molecule has 2 amide bonds. The maximum Gasteiger partial charge on any atom is 0.313 e. The molecule has 0 aliphatic carbocycles. The van der Waals surface area contributed by atoms with Crippen molar-refractivity contribution in [3.05, 3.63) is 44.7 Å². The Bertz CT molecular complexity index is 2260. The van der Waals surface area contributed by atoms with E-state index in [0.29, 0.717) is 155 Å². The SMILES string of the molecule is CCCN(CCCO)C(=O)C1=Cc2sc(CC3CN(C(=O)CCOCCOCCOCCOCCOCCOCCOCCOCCOCCOCCC(=O)Oc4c(F)c(F)c(S(=O)(=O)O)c(F)c4F)C3)cc2N=C(N)C1. The zero-order chi connectivity index (χ0) is 55.8. The molecule has 2 aliphatic rings. The Morgan fingerprint density at radius 1 is 0.701 bits per heavy atom. The Hall–Kier alpha value is -4.27. The van der Waals surface area contributed by atoms with Crippen LogP contribution >= 0.6 is 11.3 Å². The minimum Gasteiger partial charge on any atom is -0.420 e. The Labute approximate surface area is 449 Å². The molecule has 1 aromatic carbocycles. The first-order valence-corrected chi connectivity index (χ1v) is 27.6. The quantitative estimate of drug-likeness (QED) is 0.0214. The van der Waals surface area contributed by atoms with Gasteiger partial charge in [-0.25, -0.2) is 13.8 Å². The van der Waals surface area contributed by atoms with Crippen LogP contribution in [0.4, 0.5) is 23.2 Å². The Morgan fingerprint density at radius 3 is 1.57 bits per heavy atom. The van der Waals surface area contributed by atoms with Gasteiger partial charge >= 0.3 is 16.1 Å². The van der Waals surface area contributed by atoms with Crippen molar-refractivity contribution in [1.29, 1.82) is 0 Å². The zero-order valence-electron chi connectivity index (χ0n) is 43.3. The molecule has 4 N–H and O–H groups in total. The first-order chi connectivity index (χ1) is 37.1. The van der Waals surface area contributed by atoms with E-state index < -0.39 is 56.4 Å².